The number of hydrogen-bond acceptors (Lipinski definition) is 5. The highest BCUT2D eigenvalue weighted by atomic mass is 16.2. The van der Waals surface area contributed by atoms with Crippen LogP contribution in [0.1, 0.15) is 36.9 Å². The summed E-state index contributed by atoms with van der Waals surface area (Å²) in [6, 6.07) is 13.9. The zero-order valence-corrected chi connectivity index (χ0v) is 14.6. The highest BCUT2D eigenvalue weighted by molar-refractivity contribution is 6.21. The van der Waals surface area contributed by atoms with Crippen molar-refractivity contribution >= 4 is 23.4 Å². The largest absolute Gasteiger partial charge is 0.321 e. The number of para-hydroxylation sites is 1. The van der Waals surface area contributed by atoms with Crippen LogP contribution in [0.15, 0.2) is 48.5 Å². The molecule has 1 aromatic heterocycles. The summed E-state index contributed by atoms with van der Waals surface area (Å²) < 4.78 is 0. The Labute approximate surface area is 154 Å². The number of rotatable bonds is 3. The third-order valence-electron chi connectivity index (χ3n) is 4.33. The van der Waals surface area contributed by atoms with E-state index in [4.69, 9.17) is 0 Å². The predicted molar refractivity (Wildman–Crippen MR) is 96.9 cm³/mol. The third-order valence-corrected chi connectivity index (χ3v) is 4.33. The number of benzene rings is 2. The number of fused-ring (bicyclic) bond motifs is 1. The van der Waals surface area contributed by atoms with E-state index in [1.807, 2.05) is 30.3 Å². The van der Waals surface area contributed by atoms with Crippen molar-refractivity contribution in [1.82, 2.24) is 19.9 Å². The lowest BCUT2D eigenvalue weighted by Crippen LogP contribution is -2.24. The number of anilines is 1. The molecule has 27 heavy (non-hydrogen) atoms. The molecule has 0 spiro atoms. The van der Waals surface area contributed by atoms with Gasteiger partial charge in [0.25, 0.3) is 17.7 Å². The fraction of sp³-hybridized carbons (Fsp3) is 0.105. The molecule has 0 saturated heterocycles. The van der Waals surface area contributed by atoms with E-state index in [0.29, 0.717) is 16.9 Å². The molecular weight excluding hydrogens is 346 g/mol. The number of amides is 3. The van der Waals surface area contributed by atoms with Crippen LogP contribution in [0.4, 0.5) is 5.69 Å². The van der Waals surface area contributed by atoms with Crippen molar-refractivity contribution in [3.8, 4) is 5.69 Å². The zero-order chi connectivity index (χ0) is 19.1. The predicted octanol–water partition coefficient (Wildman–Crippen LogP) is 2.05. The molecule has 0 radical (unpaired) electrons. The molecule has 0 fully saturated rings. The monoisotopic (exact) mass is 361 g/mol. The Morgan fingerprint density at radius 1 is 0.963 bits per heavy atom. The lowest BCUT2D eigenvalue weighted by molar-refractivity contribution is 0.0692. The van der Waals surface area contributed by atoms with Crippen LogP contribution in [0.2, 0.25) is 0 Å². The fourth-order valence-corrected chi connectivity index (χ4v) is 2.89. The Morgan fingerprint density at radius 2 is 1.67 bits per heavy atom. The van der Waals surface area contributed by atoms with Crippen molar-refractivity contribution in [2.24, 2.45) is 0 Å². The smallest absolute Gasteiger partial charge is 0.278 e. The summed E-state index contributed by atoms with van der Waals surface area (Å²) in [5.41, 5.74) is 2.40. The average molecular weight is 361 g/mol. The molecule has 4 rings (SSSR count). The Hall–Kier alpha value is -3.81. The number of nitrogens with one attached hydrogen (secondary N) is 1. The molecule has 3 aromatic rings. The van der Waals surface area contributed by atoms with Crippen LogP contribution in [0.3, 0.4) is 0 Å². The third kappa shape index (κ3) is 2.77. The summed E-state index contributed by atoms with van der Waals surface area (Å²) in [7, 11) is 1.42. The number of hydrogen-bond donors (Lipinski definition) is 1. The van der Waals surface area contributed by atoms with E-state index in [9.17, 15) is 14.4 Å². The summed E-state index contributed by atoms with van der Waals surface area (Å²) in [5, 5.41) is 11.2. The average Bonchev–Trinajstić information content (AvgIpc) is 3.17. The Bertz CT molecular complexity index is 1090. The number of aryl methyl sites for hydroxylation is 1. The van der Waals surface area contributed by atoms with Crippen LogP contribution in [-0.2, 0) is 0 Å². The maximum absolute atomic E-state index is 12.6. The summed E-state index contributed by atoms with van der Waals surface area (Å²) >= 11 is 0. The van der Waals surface area contributed by atoms with Gasteiger partial charge in [-0.2, -0.15) is 9.90 Å². The normalized spacial score (nSPS) is 13.0. The summed E-state index contributed by atoms with van der Waals surface area (Å²) in [4.78, 5) is 39.1. The molecular formula is C19H15N5O3. The Morgan fingerprint density at radius 3 is 2.41 bits per heavy atom. The molecule has 0 aliphatic carbocycles. The zero-order valence-electron chi connectivity index (χ0n) is 14.6. The summed E-state index contributed by atoms with van der Waals surface area (Å²) in [6.07, 6.45) is 0. The second kappa shape index (κ2) is 6.17. The minimum atomic E-state index is -0.445. The van der Waals surface area contributed by atoms with Crippen molar-refractivity contribution in [2.75, 3.05) is 12.4 Å². The van der Waals surface area contributed by atoms with E-state index in [-0.39, 0.29) is 17.2 Å². The minimum Gasteiger partial charge on any atom is -0.321 e. The topological polar surface area (TPSA) is 97.2 Å². The lowest BCUT2D eigenvalue weighted by Gasteiger charge is -2.05. The number of aromatic nitrogens is 3. The molecule has 0 unspecified atom stereocenters. The first-order valence-corrected chi connectivity index (χ1v) is 8.23. The van der Waals surface area contributed by atoms with Gasteiger partial charge in [0.15, 0.2) is 5.69 Å². The first kappa shape index (κ1) is 16.6. The van der Waals surface area contributed by atoms with E-state index in [1.54, 1.807) is 13.0 Å². The van der Waals surface area contributed by atoms with Crippen molar-refractivity contribution in [2.45, 2.75) is 6.92 Å². The van der Waals surface area contributed by atoms with E-state index in [0.717, 1.165) is 10.6 Å². The molecule has 2 heterocycles. The Balaban J connectivity index is 1.60. The van der Waals surface area contributed by atoms with Crippen LogP contribution < -0.4 is 5.32 Å². The van der Waals surface area contributed by atoms with E-state index >= 15 is 0 Å². The van der Waals surface area contributed by atoms with Crippen LogP contribution in [0, 0.1) is 6.92 Å². The molecule has 1 N–H and O–H groups in total. The quantitative estimate of drug-likeness (QED) is 0.720. The first-order chi connectivity index (χ1) is 13.0. The van der Waals surface area contributed by atoms with Crippen LogP contribution in [0.25, 0.3) is 5.69 Å². The molecule has 0 atom stereocenters. The second-order valence-corrected chi connectivity index (χ2v) is 6.14. The van der Waals surface area contributed by atoms with Gasteiger partial charge in [0.1, 0.15) is 0 Å². The standard InChI is InChI=1S/C19H15N5O3/c1-11-16(22-24(21-11)13-6-4-3-5-7-13)17(25)20-12-8-9-14-15(10-12)19(27)23(2)18(14)26/h3-10H,1-2H3,(H,20,25). The highest BCUT2D eigenvalue weighted by Gasteiger charge is 2.32. The van der Waals surface area contributed by atoms with Gasteiger partial charge in [-0.1, -0.05) is 18.2 Å². The molecule has 8 heteroatoms. The first-order valence-electron chi connectivity index (χ1n) is 8.23. The van der Waals surface area contributed by atoms with Crippen molar-refractivity contribution in [3.63, 3.8) is 0 Å². The number of carbonyl (C=O) groups is 3. The molecule has 1 aliphatic heterocycles. The van der Waals surface area contributed by atoms with E-state index < -0.39 is 11.8 Å². The van der Waals surface area contributed by atoms with Gasteiger partial charge in [0, 0.05) is 12.7 Å². The maximum Gasteiger partial charge on any atom is 0.278 e. The molecule has 0 saturated carbocycles. The fourth-order valence-electron chi connectivity index (χ4n) is 2.89. The van der Waals surface area contributed by atoms with Crippen molar-refractivity contribution in [3.05, 3.63) is 71.0 Å². The summed E-state index contributed by atoms with van der Waals surface area (Å²) in [5.74, 6) is -1.19. The SMILES string of the molecule is Cc1nn(-c2ccccc2)nc1C(=O)Nc1ccc2c(c1)C(=O)N(C)C2=O. The van der Waals surface area contributed by atoms with Crippen LogP contribution in [-0.4, -0.2) is 44.7 Å². The highest BCUT2D eigenvalue weighted by Crippen LogP contribution is 2.25. The van der Waals surface area contributed by atoms with Crippen molar-refractivity contribution in [1.29, 1.82) is 0 Å². The maximum atomic E-state index is 12.6. The lowest BCUT2D eigenvalue weighted by atomic mass is 10.1. The number of carbonyl (C=O) groups excluding carboxylic acids is 3. The van der Waals surface area contributed by atoms with E-state index in [2.05, 4.69) is 15.5 Å². The van der Waals surface area contributed by atoms with Gasteiger partial charge in [-0.3, -0.25) is 19.3 Å². The van der Waals surface area contributed by atoms with Gasteiger partial charge >= 0.3 is 0 Å². The molecule has 134 valence electrons. The van der Waals surface area contributed by atoms with Gasteiger partial charge in [-0.25, -0.2) is 0 Å². The van der Waals surface area contributed by atoms with Gasteiger partial charge < -0.3 is 5.32 Å². The van der Waals surface area contributed by atoms with Gasteiger partial charge in [0.05, 0.1) is 22.5 Å². The number of nitrogens with zero attached hydrogens (tertiary/aromatic N) is 4. The van der Waals surface area contributed by atoms with Crippen LogP contribution in [0.5, 0.6) is 0 Å². The molecule has 0 bridgehead atoms. The van der Waals surface area contributed by atoms with E-state index in [1.165, 1.54) is 24.0 Å². The Kier molecular flexibility index (Phi) is 3.80. The summed E-state index contributed by atoms with van der Waals surface area (Å²) in [6.45, 7) is 1.70. The van der Waals surface area contributed by atoms with Gasteiger partial charge in [-0.15, -0.1) is 5.10 Å². The molecule has 2 aromatic carbocycles. The van der Waals surface area contributed by atoms with Gasteiger partial charge in [-0.05, 0) is 37.3 Å². The van der Waals surface area contributed by atoms with Gasteiger partial charge in [0.2, 0.25) is 0 Å². The molecule has 3 amide bonds. The number of imide groups is 1. The minimum absolute atomic E-state index is 0.180. The van der Waals surface area contributed by atoms with Crippen molar-refractivity contribution < 1.29 is 14.4 Å². The molecule has 8 nitrogen and oxygen atoms in total. The second-order valence-electron chi connectivity index (χ2n) is 6.14. The molecule has 1 aliphatic rings. The van der Waals surface area contributed by atoms with Crippen LogP contribution >= 0.6 is 0 Å².